The van der Waals surface area contributed by atoms with Crippen LogP contribution in [0, 0.1) is 0 Å². The van der Waals surface area contributed by atoms with Crippen molar-refractivity contribution in [2.75, 3.05) is 10.6 Å². The van der Waals surface area contributed by atoms with Crippen LogP contribution in [0.25, 0.3) is 11.1 Å². The number of benzene rings is 3. The minimum Gasteiger partial charge on any atom is -0.505 e. The third-order valence-electron chi connectivity index (χ3n) is 3.91. The Kier molecular flexibility index (Phi) is 5.46. The largest absolute Gasteiger partial charge is 0.505 e. The van der Waals surface area contributed by atoms with Crippen LogP contribution in [0.15, 0.2) is 66.7 Å². The lowest BCUT2D eigenvalue weighted by Gasteiger charge is -2.14. The topological polar surface area (TPSA) is 61.4 Å². The second-order valence-electron chi connectivity index (χ2n) is 5.84. The Hall–Kier alpha value is -3.19. The predicted octanol–water partition coefficient (Wildman–Crippen LogP) is 6.38. The molecule has 3 N–H and O–H groups in total. The van der Waals surface area contributed by atoms with Gasteiger partial charge in [-0.3, -0.25) is 0 Å². The zero-order valence-corrected chi connectivity index (χ0v) is 15.0. The van der Waals surface area contributed by atoms with Gasteiger partial charge in [0.2, 0.25) is 0 Å². The summed E-state index contributed by atoms with van der Waals surface area (Å²) in [6.07, 6.45) is -4.57. The van der Waals surface area contributed by atoms with E-state index < -0.39 is 17.8 Å². The van der Waals surface area contributed by atoms with E-state index in [1.165, 1.54) is 6.07 Å². The maximum Gasteiger partial charge on any atom is 0.416 e. The molecule has 3 aromatic rings. The van der Waals surface area contributed by atoms with Crippen molar-refractivity contribution in [2.45, 2.75) is 6.18 Å². The van der Waals surface area contributed by atoms with Crippen molar-refractivity contribution >= 4 is 29.0 Å². The quantitative estimate of drug-likeness (QED) is 0.442. The Bertz CT molecular complexity index is 1010. The molecule has 0 aromatic heterocycles. The highest BCUT2D eigenvalue weighted by molar-refractivity contribution is 6.33. The number of carbonyl (C=O) groups is 1. The number of rotatable bonds is 3. The van der Waals surface area contributed by atoms with Gasteiger partial charge in [-0.1, -0.05) is 54.1 Å². The van der Waals surface area contributed by atoms with E-state index in [-0.39, 0.29) is 22.1 Å². The van der Waals surface area contributed by atoms with E-state index in [4.69, 9.17) is 11.6 Å². The maximum absolute atomic E-state index is 12.8. The summed E-state index contributed by atoms with van der Waals surface area (Å²) < 4.78 is 38.5. The standard InChI is InChI=1S/C20H14ClF3N2O2/c21-15-10-9-13(20(22,23)24)11-17(15)26-19(28)25-16-8-4-7-14(18(16)27)12-5-2-1-3-6-12/h1-11,27H,(H2,25,26,28). The molecule has 0 atom stereocenters. The van der Waals surface area contributed by atoms with Crippen molar-refractivity contribution in [3.8, 4) is 16.9 Å². The number of alkyl halides is 3. The van der Waals surface area contributed by atoms with Crippen molar-refractivity contribution in [3.05, 3.63) is 77.3 Å². The van der Waals surface area contributed by atoms with Gasteiger partial charge in [-0.2, -0.15) is 13.2 Å². The average molecular weight is 407 g/mol. The summed E-state index contributed by atoms with van der Waals surface area (Å²) in [5.41, 5.74) is 0.191. The molecule has 0 radical (unpaired) electrons. The number of urea groups is 1. The van der Waals surface area contributed by atoms with Crippen LogP contribution in [0.4, 0.5) is 29.3 Å². The molecule has 4 nitrogen and oxygen atoms in total. The molecule has 0 unspecified atom stereocenters. The zero-order chi connectivity index (χ0) is 20.3. The summed E-state index contributed by atoms with van der Waals surface area (Å²) in [5.74, 6) is -0.168. The first-order valence-electron chi connectivity index (χ1n) is 8.08. The molecular formula is C20H14ClF3N2O2. The molecule has 2 amide bonds. The first-order chi connectivity index (χ1) is 13.3. The third kappa shape index (κ3) is 4.37. The van der Waals surface area contributed by atoms with Crippen LogP contribution in [0.5, 0.6) is 5.75 Å². The van der Waals surface area contributed by atoms with Gasteiger partial charge in [0.05, 0.1) is 22.0 Å². The lowest BCUT2D eigenvalue weighted by atomic mass is 10.0. The SMILES string of the molecule is O=C(Nc1cc(C(F)(F)F)ccc1Cl)Nc1cccc(-c2ccccc2)c1O. The fourth-order valence-corrected chi connectivity index (χ4v) is 2.73. The minimum absolute atomic E-state index is 0.0505. The smallest absolute Gasteiger partial charge is 0.416 e. The van der Waals surface area contributed by atoms with E-state index in [0.29, 0.717) is 5.56 Å². The van der Waals surface area contributed by atoms with E-state index in [0.717, 1.165) is 23.8 Å². The van der Waals surface area contributed by atoms with Gasteiger partial charge >= 0.3 is 12.2 Å². The Morgan fingerprint density at radius 1 is 0.893 bits per heavy atom. The van der Waals surface area contributed by atoms with Gasteiger partial charge in [-0.05, 0) is 29.8 Å². The van der Waals surface area contributed by atoms with E-state index in [1.54, 1.807) is 36.4 Å². The van der Waals surface area contributed by atoms with Crippen molar-refractivity contribution in [3.63, 3.8) is 0 Å². The normalized spacial score (nSPS) is 11.1. The molecule has 0 spiro atoms. The van der Waals surface area contributed by atoms with Crippen LogP contribution < -0.4 is 10.6 Å². The van der Waals surface area contributed by atoms with Gasteiger partial charge in [0.25, 0.3) is 0 Å². The fourth-order valence-electron chi connectivity index (χ4n) is 2.57. The van der Waals surface area contributed by atoms with Crippen LogP contribution in [-0.4, -0.2) is 11.1 Å². The number of halogens is 4. The van der Waals surface area contributed by atoms with Gasteiger partial charge in [-0.15, -0.1) is 0 Å². The van der Waals surface area contributed by atoms with E-state index >= 15 is 0 Å². The molecule has 0 aliphatic heterocycles. The van der Waals surface area contributed by atoms with Gasteiger partial charge in [-0.25, -0.2) is 4.79 Å². The molecule has 0 saturated heterocycles. The predicted molar refractivity (Wildman–Crippen MR) is 103 cm³/mol. The molecular weight excluding hydrogens is 393 g/mol. The highest BCUT2D eigenvalue weighted by atomic mass is 35.5. The molecule has 0 fully saturated rings. The molecule has 8 heteroatoms. The van der Waals surface area contributed by atoms with Crippen molar-refractivity contribution < 1.29 is 23.1 Å². The highest BCUT2D eigenvalue weighted by Crippen LogP contribution is 2.36. The summed E-state index contributed by atoms with van der Waals surface area (Å²) in [7, 11) is 0. The molecule has 0 aliphatic carbocycles. The van der Waals surface area contributed by atoms with Crippen molar-refractivity contribution in [1.82, 2.24) is 0 Å². The second kappa shape index (κ2) is 7.82. The molecule has 0 saturated carbocycles. The summed E-state index contributed by atoms with van der Waals surface area (Å²) >= 11 is 5.87. The molecule has 0 aliphatic rings. The Labute approximate surface area is 163 Å². The van der Waals surface area contributed by atoms with Gasteiger partial charge in [0, 0.05) is 5.56 Å². The second-order valence-corrected chi connectivity index (χ2v) is 6.25. The number of phenols is 1. The molecule has 0 heterocycles. The molecule has 3 rings (SSSR count). The monoisotopic (exact) mass is 406 g/mol. The number of nitrogens with one attached hydrogen (secondary N) is 2. The zero-order valence-electron chi connectivity index (χ0n) is 14.2. The Morgan fingerprint density at radius 2 is 1.57 bits per heavy atom. The van der Waals surface area contributed by atoms with E-state index in [1.807, 2.05) is 6.07 Å². The number of hydrogen-bond donors (Lipinski definition) is 3. The van der Waals surface area contributed by atoms with Gasteiger partial charge in [0.1, 0.15) is 5.75 Å². The van der Waals surface area contributed by atoms with E-state index in [2.05, 4.69) is 10.6 Å². The molecule has 0 bridgehead atoms. The number of para-hydroxylation sites is 1. The summed E-state index contributed by atoms with van der Waals surface area (Å²) in [6, 6.07) is 15.6. The average Bonchev–Trinajstić information content (AvgIpc) is 2.65. The molecule has 3 aromatic carbocycles. The molecule has 144 valence electrons. The van der Waals surface area contributed by atoms with Crippen molar-refractivity contribution in [1.29, 1.82) is 0 Å². The number of anilines is 2. The summed E-state index contributed by atoms with van der Waals surface area (Å²) in [4.78, 5) is 12.2. The van der Waals surface area contributed by atoms with Crippen LogP contribution >= 0.6 is 11.6 Å². The first kappa shape index (κ1) is 19.6. The third-order valence-corrected chi connectivity index (χ3v) is 4.24. The Balaban J connectivity index is 1.81. The summed E-state index contributed by atoms with van der Waals surface area (Å²) in [6.45, 7) is 0. The fraction of sp³-hybridized carbons (Fsp3) is 0.0500. The van der Waals surface area contributed by atoms with Gasteiger partial charge in [0.15, 0.2) is 0 Å². The van der Waals surface area contributed by atoms with Crippen LogP contribution in [0.2, 0.25) is 5.02 Å². The Morgan fingerprint density at radius 3 is 2.25 bits per heavy atom. The number of amides is 2. The van der Waals surface area contributed by atoms with E-state index in [9.17, 15) is 23.1 Å². The van der Waals surface area contributed by atoms with Crippen LogP contribution in [0.3, 0.4) is 0 Å². The minimum atomic E-state index is -4.57. The number of phenolic OH excluding ortho intramolecular Hbond substituents is 1. The van der Waals surface area contributed by atoms with Crippen LogP contribution in [-0.2, 0) is 6.18 Å². The number of hydrogen-bond acceptors (Lipinski definition) is 2. The lowest BCUT2D eigenvalue weighted by Crippen LogP contribution is -2.20. The van der Waals surface area contributed by atoms with Crippen LogP contribution in [0.1, 0.15) is 5.56 Å². The van der Waals surface area contributed by atoms with Gasteiger partial charge < -0.3 is 15.7 Å². The number of aromatic hydroxyl groups is 1. The highest BCUT2D eigenvalue weighted by Gasteiger charge is 2.31. The number of carbonyl (C=O) groups excluding carboxylic acids is 1. The summed E-state index contributed by atoms with van der Waals surface area (Å²) in [5, 5.41) is 15.1. The first-order valence-corrected chi connectivity index (χ1v) is 8.45. The maximum atomic E-state index is 12.8. The lowest BCUT2D eigenvalue weighted by molar-refractivity contribution is -0.137. The molecule has 28 heavy (non-hydrogen) atoms. The van der Waals surface area contributed by atoms with Crippen molar-refractivity contribution in [2.24, 2.45) is 0 Å².